The molecule has 0 unspecified atom stereocenters. The molecule has 0 bridgehead atoms. The van der Waals surface area contributed by atoms with Crippen molar-refractivity contribution in [2.24, 2.45) is 0 Å². The summed E-state index contributed by atoms with van der Waals surface area (Å²) in [4.78, 5) is 22.0. The van der Waals surface area contributed by atoms with Crippen molar-refractivity contribution in [1.29, 1.82) is 0 Å². The lowest BCUT2D eigenvalue weighted by Crippen LogP contribution is -2.08. The second-order valence-corrected chi connectivity index (χ2v) is 4.70. The van der Waals surface area contributed by atoms with Crippen molar-refractivity contribution < 1.29 is 18.5 Å². The average molecular weight is 312 g/mol. The van der Waals surface area contributed by atoms with Crippen LogP contribution in [0.3, 0.4) is 0 Å². The van der Waals surface area contributed by atoms with Crippen molar-refractivity contribution in [3.8, 4) is 0 Å². The largest absolute Gasteiger partial charge is 0.294 e. The van der Waals surface area contributed by atoms with Gasteiger partial charge in [-0.3, -0.25) is 14.9 Å². The van der Waals surface area contributed by atoms with Crippen LogP contribution in [-0.2, 0) is 6.42 Å². The Morgan fingerprint density at radius 2 is 1.71 bits per heavy atom. The van der Waals surface area contributed by atoms with Gasteiger partial charge in [-0.05, 0) is 23.8 Å². The van der Waals surface area contributed by atoms with Crippen molar-refractivity contribution in [1.82, 2.24) is 0 Å². The molecule has 2 rings (SSSR count). The number of hydrogen-bond donors (Lipinski definition) is 0. The van der Waals surface area contributed by atoms with Gasteiger partial charge in [-0.15, -0.1) is 0 Å². The number of halogens is 3. The van der Waals surface area contributed by atoms with E-state index in [0.717, 1.165) is 0 Å². The molecule has 0 heterocycles. The SMILES string of the molecule is O=C(Cc1ccc(Cl)cc1)c1cc(F)c(F)cc1[N+](=O)[O-]. The Hall–Kier alpha value is -2.34. The molecule has 0 saturated heterocycles. The molecule has 0 saturated carbocycles. The molecule has 0 atom stereocenters. The van der Waals surface area contributed by atoms with Crippen LogP contribution in [0.15, 0.2) is 36.4 Å². The van der Waals surface area contributed by atoms with Gasteiger partial charge in [0.05, 0.1) is 16.6 Å². The van der Waals surface area contributed by atoms with Crippen LogP contribution in [0.25, 0.3) is 0 Å². The first-order valence-electron chi connectivity index (χ1n) is 5.79. The van der Waals surface area contributed by atoms with Gasteiger partial charge in [0.15, 0.2) is 17.4 Å². The second kappa shape index (κ2) is 5.97. The summed E-state index contributed by atoms with van der Waals surface area (Å²) in [5.41, 5.74) is -0.662. The van der Waals surface area contributed by atoms with Crippen molar-refractivity contribution in [3.05, 3.63) is 74.3 Å². The molecule has 0 spiro atoms. The number of nitro groups is 1. The molecule has 0 aliphatic carbocycles. The molecule has 2 aromatic rings. The number of carbonyl (C=O) groups excluding carboxylic acids is 1. The Balaban J connectivity index is 2.36. The van der Waals surface area contributed by atoms with Crippen molar-refractivity contribution >= 4 is 23.1 Å². The van der Waals surface area contributed by atoms with Crippen molar-refractivity contribution in [3.63, 3.8) is 0 Å². The quantitative estimate of drug-likeness (QED) is 0.488. The molecule has 4 nitrogen and oxygen atoms in total. The smallest absolute Gasteiger partial charge is 0.283 e. The summed E-state index contributed by atoms with van der Waals surface area (Å²) in [5.74, 6) is -3.35. The molecule has 0 aliphatic rings. The highest BCUT2D eigenvalue weighted by Crippen LogP contribution is 2.24. The number of rotatable bonds is 4. The lowest BCUT2D eigenvalue weighted by atomic mass is 10.0. The summed E-state index contributed by atoms with van der Waals surface area (Å²) < 4.78 is 26.3. The van der Waals surface area contributed by atoms with E-state index in [-0.39, 0.29) is 6.42 Å². The maximum absolute atomic E-state index is 13.2. The summed E-state index contributed by atoms with van der Waals surface area (Å²) in [7, 11) is 0. The molecule has 0 N–H and O–H groups in total. The normalized spacial score (nSPS) is 10.4. The number of nitrogens with zero attached hydrogens (tertiary/aromatic N) is 1. The van der Waals surface area contributed by atoms with Crippen LogP contribution in [-0.4, -0.2) is 10.7 Å². The predicted octanol–water partition coefficient (Wildman–Crippen LogP) is 3.95. The summed E-state index contributed by atoms with van der Waals surface area (Å²) in [5, 5.41) is 11.3. The minimum Gasteiger partial charge on any atom is -0.294 e. The first-order chi connectivity index (χ1) is 9.88. The lowest BCUT2D eigenvalue weighted by Gasteiger charge is -2.04. The first kappa shape index (κ1) is 15.1. The molecule has 0 amide bonds. The fourth-order valence-electron chi connectivity index (χ4n) is 1.79. The van der Waals surface area contributed by atoms with Gasteiger partial charge in [-0.25, -0.2) is 8.78 Å². The number of carbonyl (C=O) groups is 1. The van der Waals surface area contributed by atoms with Crippen LogP contribution in [0, 0.1) is 21.7 Å². The molecule has 0 radical (unpaired) electrons. The molecule has 2 aromatic carbocycles. The number of nitro benzene ring substituents is 1. The predicted molar refractivity (Wildman–Crippen MR) is 72.5 cm³/mol. The molecule has 0 fully saturated rings. The van der Waals surface area contributed by atoms with Crippen LogP contribution >= 0.6 is 11.6 Å². The zero-order valence-corrected chi connectivity index (χ0v) is 11.2. The van der Waals surface area contributed by atoms with Crippen LogP contribution in [0.5, 0.6) is 0 Å². The number of Topliss-reactive ketones (excluding diaryl/α,β-unsaturated/α-hetero) is 1. The Bertz CT molecular complexity index is 717. The summed E-state index contributed by atoms with van der Waals surface area (Å²) in [6, 6.07) is 7.22. The molecule has 21 heavy (non-hydrogen) atoms. The van der Waals surface area contributed by atoms with Gasteiger partial charge >= 0.3 is 0 Å². The minimum atomic E-state index is -1.37. The van der Waals surface area contributed by atoms with E-state index in [4.69, 9.17) is 11.6 Å². The fourth-order valence-corrected chi connectivity index (χ4v) is 1.92. The van der Waals surface area contributed by atoms with Gasteiger partial charge in [0, 0.05) is 11.4 Å². The standard InChI is InChI=1S/C14H8ClF2NO3/c15-9-3-1-8(2-4-9)5-14(19)10-6-11(16)12(17)7-13(10)18(20)21/h1-4,6-7H,5H2. The molecule has 7 heteroatoms. The van der Waals surface area contributed by atoms with E-state index in [1.165, 1.54) is 0 Å². The average Bonchev–Trinajstić information content (AvgIpc) is 2.43. The Kier molecular flexibility index (Phi) is 4.28. The zero-order valence-electron chi connectivity index (χ0n) is 10.5. The van der Waals surface area contributed by atoms with E-state index in [2.05, 4.69) is 0 Å². The molecular weight excluding hydrogens is 304 g/mol. The Morgan fingerprint density at radius 3 is 2.29 bits per heavy atom. The maximum atomic E-state index is 13.2. The highest BCUT2D eigenvalue weighted by atomic mass is 35.5. The zero-order chi connectivity index (χ0) is 15.6. The number of benzene rings is 2. The van der Waals surface area contributed by atoms with Gasteiger partial charge in [-0.2, -0.15) is 0 Å². The fraction of sp³-hybridized carbons (Fsp3) is 0.0714. The lowest BCUT2D eigenvalue weighted by molar-refractivity contribution is -0.385. The highest BCUT2D eigenvalue weighted by molar-refractivity contribution is 6.30. The summed E-state index contributed by atoms with van der Waals surface area (Å²) >= 11 is 5.70. The summed E-state index contributed by atoms with van der Waals surface area (Å²) in [6.07, 6.45) is -0.177. The Labute approximate surface area is 123 Å². The highest BCUT2D eigenvalue weighted by Gasteiger charge is 2.23. The molecule has 108 valence electrons. The van der Waals surface area contributed by atoms with E-state index < -0.39 is 33.6 Å². The maximum Gasteiger partial charge on any atom is 0.283 e. The van der Waals surface area contributed by atoms with Crippen LogP contribution in [0.1, 0.15) is 15.9 Å². The van der Waals surface area contributed by atoms with Crippen LogP contribution in [0.2, 0.25) is 5.02 Å². The van der Waals surface area contributed by atoms with Gasteiger partial charge in [0.25, 0.3) is 5.69 Å². The monoisotopic (exact) mass is 311 g/mol. The van der Waals surface area contributed by atoms with Crippen molar-refractivity contribution in [2.45, 2.75) is 6.42 Å². The molecule has 0 aliphatic heterocycles. The number of hydrogen-bond acceptors (Lipinski definition) is 3. The topological polar surface area (TPSA) is 60.2 Å². The van der Waals surface area contributed by atoms with Crippen LogP contribution in [0.4, 0.5) is 14.5 Å². The van der Waals surface area contributed by atoms with Gasteiger partial charge in [0.2, 0.25) is 0 Å². The van der Waals surface area contributed by atoms with Gasteiger partial charge in [-0.1, -0.05) is 23.7 Å². The van der Waals surface area contributed by atoms with Gasteiger partial charge in [0.1, 0.15) is 0 Å². The van der Waals surface area contributed by atoms with E-state index in [0.29, 0.717) is 22.7 Å². The first-order valence-corrected chi connectivity index (χ1v) is 6.17. The van der Waals surface area contributed by atoms with E-state index >= 15 is 0 Å². The third-order valence-electron chi connectivity index (χ3n) is 2.81. The van der Waals surface area contributed by atoms with E-state index in [1.807, 2.05) is 0 Å². The Morgan fingerprint density at radius 1 is 1.14 bits per heavy atom. The van der Waals surface area contributed by atoms with E-state index in [9.17, 15) is 23.7 Å². The number of ketones is 1. The van der Waals surface area contributed by atoms with E-state index in [1.54, 1.807) is 24.3 Å². The third kappa shape index (κ3) is 3.41. The molecular formula is C14H8ClF2NO3. The van der Waals surface area contributed by atoms with Crippen LogP contribution < -0.4 is 0 Å². The minimum absolute atomic E-state index is 0.177. The van der Waals surface area contributed by atoms with Gasteiger partial charge < -0.3 is 0 Å². The van der Waals surface area contributed by atoms with Crippen molar-refractivity contribution in [2.75, 3.05) is 0 Å². The third-order valence-corrected chi connectivity index (χ3v) is 3.07. The second-order valence-electron chi connectivity index (χ2n) is 4.27. The summed E-state index contributed by atoms with van der Waals surface area (Å²) in [6.45, 7) is 0. The molecule has 0 aromatic heterocycles.